The van der Waals surface area contributed by atoms with Gasteiger partial charge < -0.3 is 30.4 Å². The summed E-state index contributed by atoms with van der Waals surface area (Å²) in [4.78, 5) is 11.9. The fraction of sp³-hybridized carbons (Fsp3) is 0.211. The summed E-state index contributed by atoms with van der Waals surface area (Å²) in [6.07, 6.45) is 3.72. The van der Waals surface area contributed by atoms with Crippen LogP contribution in [-0.2, 0) is 15.7 Å². The number of ether oxygens (including phenoxy) is 2. The zero-order valence-corrected chi connectivity index (χ0v) is 15.8. The Labute approximate surface area is 164 Å². The van der Waals surface area contributed by atoms with Crippen molar-refractivity contribution in [3.63, 3.8) is 0 Å². The first-order valence-electron chi connectivity index (χ1n) is 8.59. The first-order valence-corrected chi connectivity index (χ1v) is 9.74. The van der Waals surface area contributed by atoms with Crippen molar-refractivity contribution in [1.29, 1.82) is 0 Å². The molecule has 3 rings (SSSR count). The number of phenols is 1. The maximum absolute atomic E-state index is 12.9. The number of fused-ring (bicyclic) bond motifs is 3. The quantitative estimate of drug-likeness (QED) is 0.540. The molecule has 2 aromatic rings. The Balaban J connectivity index is 1.96. The van der Waals surface area contributed by atoms with Crippen LogP contribution in [0.2, 0.25) is 0 Å². The van der Waals surface area contributed by atoms with E-state index < -0.39 is 16.9 Å². The Kier molecular flexibility index (Phi) is 6.51. The van der Waals surface area contributed by atoms with Gasteiger partial charge in [-0.1, -0.05) is 12.1 Å². The van der Waals surface area contributed by atoms with Crippen molar-refractivity contribution in [2.75, 3.05) is 36.4 Å². The summed E-state index contributed by atoms with van der Waals surface area (Å²) in [5.41, 5.74) is 6.18. The fourth-order valence-corrected chi connectivity index (χ4v) is 3.57. The molecule has 0 saturated carbocycles. The van der Waals surface area contributed by atoms with Gasteiger partial charge in [-0.3, -0.25) is 4.79 Å². The molecule has 1 aliphatic heterocycles. The molecule has 1 heterocycles. The van der Waals surface area contributed by atoms with Crippen molar-refractivity contribution in [3.05, 3.63) is 54.1 Å². The third-order valence-electron chi connectivity index (χ3n) is 3.90. The van der Waals surface area contributed by atoms with E-state index in [2.05, 4.69) is 10.0 Å². The van der Waals surface area contributed by atoms with Gasteiger partial charge in [-0.15, -0.1) is 0 Å². The van der Waals surface area contributed by atoms with Gasteiger partial charge >= 0.3 is 0 Å². The van der Waals surface area contributed by atoms with E-state index in [9.17, 15) is 14.1 Å². The highest BCUT2D eigenvalue weighted by atomic mass is 32.2. The highest BCUT2D eigenvalue weighted by molar-refractivity contribution is 7.86. The van der Waals surface area contributed by atoms with E-state index >= 15 is 0 Å². The lowest BCUT2D eigenvalue weighted by molar-refractivity contribution is 0.0997. The number of carbonyl (C=O) groups is 1. The van der Waals surface area contributed by atoms with E-state index in [1.807, 2.05) is 12.2 Å². The average Bonchev–Trinajstić information content (AvgIpc) is 2.66. The molecule has 0 radical (unpaired) electrons. The molecule has 1 unspecified atom stereocenters. The highest BCUT2D eigenvalue weighted by Gasteiger charge is 2.18. The number of nitrogens with two attached hydrogens (primary N) is 1. The number of benzene rings is 2. The van der Waals surface area contributed by atoms with Gasteiger partial charge in [0.05, 0.1) is 35.0 Å². The van der Waals surface area contributed by atoms with Gasteiger partial charge in [0.25, 0.3) is 5.91 Å². The SMILES string of the molecule is NC(=O)c1cc2c(cc1O)NCCOC/C=C\COc1cccc(c1)NS2=O. The minimum Gasteiger partial charge on any atom is -0.507 e. The van der Waals surface area contributed by atoms with E-state index in [0.29, 0.717) is 43.5 Å². The number of anilines is 2. The summed E-state index contributed by atoms with van der Waals surface area (Å²) in [5.74, 6) is -0.485. The van der Waals surface area contributed by atoms with Crippen molar-refractivity contribution >= 4 is 28.3 Å². The molecule has 9 heteroatoms. The number of nitrogens with one attached hydrogen (secondary N) is 2. The van der Waals surface area contributed by atoms with Gasteiger partial charge in [-0.2, -0.15) is 0 Å². The minimum absolute atomic E-state index is 0.108. The van der Waals surface area contributed by atoms with Crippen LogP contribution in [0.15, 0.2) is 53.4 Å². The number of carbonyl (C=O) groups excluding carboxylic acids is 1. The van der Waals surface area contributed by atoms with Gasteiger partial charge in [0.1, 0.15) is 18.1 Å². The number of amides is 1. The van der Waals surface area contributed by atoms with Crippen LogP contribution in [0.25, 0.3) is 0 Å². The molecule has 0 saturated heterocycles. The Bertz CT molecular complexity index is 916. The number of rotatable bonds is 1. The number of hydrogen-bond acceptors (Lipinski definition) is 6. The zero-order valence-electron chi connectivity index (χ0n) is 15.0. The Morgan fingerprint density at radius 1 is 1.18 bits per heavy atom. The maximum Gasteiger partial charge on any atom is 0.252 e. The van der Waals surface area contributed by atoms with Gasteiger partial charge in [-0.05, 0) is 24.3 Å². The normalized spacial score (nSPS) is 18.6. The minimum atomic E-state index is -1.73. The first kappa shape index (κ1) is 19.7. The molecule has 8 nitrogen and oxygen atoms in total. The van der Waals surface area contributed by atoms with Crippen molar-refractivity contribution in [1.82, 2.24) is 0 Å². The summed E-state index contributed by atoms with van der Waals surface area (Å²) in [6, 6.07) is 9.68. The largest absolute Gasteiger partial charge is 0.507 e. The fourth-order valence-electron chi connectivity index (χ4n) is 2.56. The summed E-state index contributed by atoms with van der Waals surface area (Å²) in [6.45, 7) is 1.62. The van der Waals surface area contributed by atoms with E-state index in [-0.39, 0.29) is 16.2 Å². The molecule has 28 heavy (non-hydrogen) atoms. The summed E-state index contributed by atoms with van der Waals surface area (Å²) >= 11 is 0. The molecule has 0 fully saturated rings. The molecule has 1 atom stereocenters. The molecule has 5 N–H and O–H groups in total. The number of aromatic hydroxyl groups is 1. The number of primary amides is 1. The van der Waals surface area contributed by atoms with Crippen LogP contribution in [-0.4, -0.2) is 41.6 Å². The summed E-state index contributed by atoms with van der Waals surface area (Å²) in [7, 11) is -1.73. The van der Waals surface area contributed by atoms with Gasteiger partial charge in [0, 0.05) is 18.7 Å². The molecule has 0 aliphatic carbocycles. The lowest BCUT2D eigenvalue weighted by Crippen LogP contribution is -2.16. The second kappa shape index (κ2) is 9.25. The van der Waals surface area contributed by atoms with E-state index in [1.165, 1.54) is 12.1 Å². The van der Waals surface area contributed by atoms with Gasteiger partial charge in [0.2, 0.25) is 0 Å². The molecule has 2 bridgehead atoms. The third-order valence-corrected chi connectivity index (χ3v) is 5.05. The average molecular weight is 403 g/mol. The monoisotopic (exact) mass is 403 g/mol. The van der Waals surface area contributed by atoms with Crippen LogP contribution >= 0.6 is 0 Å². The maximum atomic E-state index is 12.9. The standard InChI is InChI=1S/C19H21N3O5S/c20-19(24)15-11-18-16(12-17(15)23)21-6-9-26-7-1-2-8-27-14-5-3-4-13(10-14)22-28(18)25/h1-5,10-12,21-23H,6-9H2,(H2,20,24)/b2-1-. The molecule has 1 aliphatic rings. The van der Waals surface area contributed by atoms with Gasteiger partial charge in [-0.25, -0.2) is 4.21 Å². The van der Waals surface area contributed by atoms with Crippen molar-refractivity contribution in [2.45, 2.75) is 4.90 Å². The molecular formula is C19H21N3O5S. The molecule has 2 aromatic carbocycles. The summed E-state index contributed by atoms with van der Waals surface area (Å²) < 4.78 is 26.9. The molecule has 1 amide bonds. The van der Waals surface area contributed by atoms with Crippen LogP contribution < -0.4 is 20.5 Å². The van der Waals surface area contributed by atoms with Crippen LogP contribution in [0, 0.1) is 0 Å². The molecule has 0 spiro atoms. The predicted molar refractivity (Wildman–Crippen MR) is 107 cm³/mol. The van der Waals surface area contributed by atoms with E-state index in [1.54, 1.807) is 24.3 Å². The van der Waals surface area contributed by atoms with Crippen LogP contribution in [0.1, 0.15) is 10.4 Å². The predicted octanol–water partition coefficient (Wildman–Crippen LogP) is 2.00. The van der Waals surface area contributed by atoms with Crippen LogP contribution in [0.4, 0.5) is 11.4 Å². The van der Waals surface area contributed by atoms with Crippen molar-refractivity contribution < 1.29 is 23.6 Å². The molecule has 0 aromatic heterocycles. The van der Waals surface area contributed by atoms with E-state index in [0.717, 1.165) is 0 Å². The molecular weight excluding hydrogens is 382 g/mol. The highest BCUT2D eigenvalue weighted by Crippen LogP contribution is 2.30. The second-order valence-electron chi connectivity index (χ2n) is 5.91. The Hall–Kier alpha value is -3.04. The topological polar surface area (TPSA) is 123 Å². The summed E-state index contributed by atoms with van der Waals surface area (Å²) in [5, 5.41) is 13.1. The van der Waals surface area contributed by atoms with E-state index in [4.69, 9.17) is 15.2 Å². The Morgan fingerprint density at radius 2 is 2.00 bits per heavy atom. The lowest BCUT2D eigenvalue weighted by Gasteiger charge is -2.15. The van der Waals surface area contributed by atoms with Crippen molar-refractivity contribution in [3.8, 4) is 11.5 Å². The van der Waals surface area contributed by atoms with Crippen molar-refractivity contribution in [2.24, 2.45) is 5.73 Å². The van der Waals surface area contributed by atoms with Gasteiger partial charge in [0.15, 0.2) is 11.0 Å². The first-order chi connectivity index (χ1) is 13.5. The Morgan fingerprint density at radius 3 is 2.82 bits per heavy atom. The lowest BCUT2D eigenvalue weighted by atomic mass is 10.1. The van der Waals surface area contributed by atoms with Crippen LogP contribution in [0.5, 0.6) is 11.5 Å². The second-order valence-corrected chi connectivity index (χ2v) is 7.09. The smallest absolute Gasteiger partial charge is 0.252 e. The third kappa shape index (κ3) is 5.02. The van der Waals surface area contributed by atoms with Crippen LogP contribution in [0.3, 0.4) is 0 Å². The molecule has 148 valence electrons. The number of hydrogen-bond donors (Lipinski definition) is 4. The zero-order chi connectivity index (χ0) is 19.9.